The second-order valence-electron chi connectivity index (χ2n) is 8.26. The van der Waals surface area contributed by atoms with Crippen LogP contribution < -0.4 is 16.4 Å². The Kier molecular flexibility index (Phi) is 5.70. The molecule has 0 aliphatic heterocycles. The summed E-state index contributed by atoms with van der Waals surface area (Å²) in [7, 11) is 0. The van der Waals surface area contributed by atoms with Crippen LogP contribution in [-0.4, -0.2) is 15.9 Å². The van der Waals surface area contributed by atoms with Gasteiger partial charge in [0.25, 0.3) is 0 Å². The Morgan fingerprint density at radius 1 is 0.971 bits per heavy atom. The highest BCUT2D eigenvalue weighted by Gasteiger charge is 2.36. The second kappa shape index (κ2) is 8.98. The number of benzene rings is 2. The molecule has 8 heteroatoms. The van der Waals surface area contributed by atoms with Crippen LogP contribution in [0.5, 0.6) is 0 Å². The van der Waals surface area contributed by atoms with Gasteiger partial charge in [0.1, 0.15) is 5.82 Å². The Labute approximate surface area is 200 Å². The van der Waals surface area contributed by atoms with Gasteiger partial charge in [-0.2, -0.15) is 0 Å². The number of halogens is 2. The number of anilines is 3. The van der Waals surface area contributed by atoms with Crippen LogP contribution in [0, 0.1) is 5.82 Å². The van der Waals surface area contributed by atoms with Crippen molar-refractivity contribution in [2.45, 2.75) is 12.1 Å². The van der Waals surface area contributed by atoms with Crippen LogP contribution in [-0.2, 0) is 10.5 Å². The second-order valence-corrected chi connectivity index (χ2v) is 8.26. The minimum absolute atomic E-state index is 0.134. The van der Waals surface area contributed by atoms with Crippen LogP contribution >= 0.6 is 0 Å². The summed E-state index contributed by atoms with van der Waals surface area (Å²) in [6.45, 7) is 0. The zero-order chi connectivity index (χ0) is 24.4. The molecule has 0 saturated carbocycles. The smallest absolute Gasteiger partial charge is 0.244 e. The highest BCUT2D eigenvalue weighted by Crippen LogP contribution is 2.40. The molecule has 4 N–H and O–H groups in total. The third-order valence-electron chi connectivity index (χ3n) is 5.77. The Hall–Kier alpha value is -4.59. The first-order valence-electron chi connectivity index (χ1n) is 10.9. The molecule has 35 heavy (non-hydrogen) atoms. The summed E-state index contributed by atoms with van der Waals surface area (Å²) in [5.41, 5.74) is 6.96. The molecule has 0 saturated heterocycles. The van der Waals surface area contributed by atoms with Crippen molar-refractivity contribution in [3.8, 4) is 0 Å². The average molecular weight is 469 g/mol. The van der Waals surface area contributed by atoms with Crippen molar-refractivity contribution in [2.24, 2.45) is 5.73 Å². The maximum absolute atomic E-state index is 16.5. The van der Waals surface area contributed by atoms with Gasteiger partial charge in [-0.3, -0.25) is 14.8 Å². The van der Waals surface area contributed by atoms with E-state index in [-0.39, 0.29) is 12.0 Å². The quantitative estimate of drug-likeness (QED) is 0.347. The number of amides is 1. The van der Waals surface area contributed by atoms with Crippen LogP contribution in [0.2, 0.25) is 0 Å². The number of carbonyl (C=O) groups is 1. The molecule has 1 atom stereocenters. The van der Waals surface area contributed by atoms with Crippen LogP contribution in [0.3, 0.4) is 0 Å². The number of rotatable bonds is 6. The summed E-state index contributed by atoms with van der Waals surface area (Å²) < 4.78 is 30.4. The first kappa shape index (κ1) is 22.2. The number of nitrogens with two attached hydrogens (primary N) is 1. The number of alkyl halides is 1. The van der Waals surface area contributed by atoms with Crippen molar-refractivity contribution in [1.29, 1.82) is 0 Å². The maximum atomic E-state index is 16.5. The van der Waals surface area contributed by atoms with Gasteiger partial charge in [0.2, 0.25) is 5.91 Å². The lowest BCUT2D eigenvalue weighted by Crippen LogP contribution is -2.28. The van der Waals surface area contributed by atoms with Crippen molar-refractivity contribution < 1.29 is 13.6 Å². The Bertz CT molecular complexity index is 1490. The highest BCUT2D eigenvalue weighted by molar-refractivity contribution is 5.95. The molecule has 5 rings (SSSR count). The summed E-state index contributed by atoms with van der Waals surface area (Å²) in [4.78, 5) is 20.3. The molecule has 2 aromatic heterocycles. The number of aromatic nitrogens is 2. The number of hydrogen-bond donors (Lipinski definition) is 3. The largest absolute Gasteiger partial charge is 0.366 e. The number of pyridine rings is 2. The van der Waals surface area contributed by atoms with E-state index in [9.17, 15) is 9.18 Å². The van der Waals surface area contributed by atoms with Crippen LogP contribution in [0.25, 0.3) is 10.9 Å². The van der Waals surface area contributed by atoms with Gasteiger partial charge in [0, 0.05) is 58.7 Å². The predicted molar refractivity (Wildman–Crippen MR) is 132 cm³/mol. The molecule has 4 aromatic rings. The van der Waals surface area contributed by atoms with E-state index in [0.717, 1.165) is 5.69 Å². The van der Waals surface area contributed by atoms with E-state index < -0.39 is 17.4 Å². The van der Waals surface area contributed by atoms with Gasteiger partial charge in [0.05, 0.1) is 5.52 Å². The zero-order valence-corrected chi connectivity index (χ0v) is 18.5. The molecule has 0 bridgehead atoms. The molecule has 1 aliphatic rings. The molecule has 0 fully saturated rings. The van der Waals surface area contributed by atoms with Crippen molar-refractivity contribution in [1.82, 2.24) is 9.97 Å². The Morgan fingerprint density at radius 3 is 2.60 bits per heavy atom. The summed E-state index contributed by atoms with van der Waals surface area (Å²) in [5.74, 6) is -1.13. The molecule has 1 aliphatic carbocycles. The van der Waals surface area contributed by atoms with Gasteiger partial charge in [-0.05, 0) is 66.2 Å². The third kappa shape index (κ3) is 4.72. The van der Waals surface area contributed by atoms with Gasteiger partial charge in [0.15, 0.2) is 5.67 Å². The van der Waals surface area contributed by atoms with E-state index in [2.05, 4.69) is 20.6 Å². The highest BCUT2D eigenvalue weighted by atomic mass is 19.1. The fourth-order valence-electron chi connectivity index (χ4n) is 4.11. The Balaban J connectivity index is 1.52. The number of primary amides is 1. The molecular weight excluding hydrogens is 448 g/mol. The number of allylic oxidation sites excluding steroid dienone is 2. The molecule has 1 amide bonds. The lowest BCUT2D eigenvalue weighted by molar-refractivity contribution is -0.115. The van der Waals surface area contributed by atoms with Gasteiger partial charge in [-0.1, -0.05) is 12.1 Å². The van der Waals surface area contributed by atoms with Gasteiger partial charge in [-0.15, -0.1) is 0 Å². The lowest BCUT2D eigenvalue weighted by Gasteiger charge is -2.28. The predicted octanol–water partition coefficient (Wildman–Crippen LogP) is 5.49. The standard InChI is InChI=1S/C27H21F2N5O/c28-19-4-5-24-23(14-19)25(8-11-32-24)34-22-12-17(26(30)35)15-27(29,16-22)18-2-1-3-21(13-18)33-20-6-9-31-10-7-20/h1-14,16H,15H2,(H2,30,35)(H,31,33)(H,32,34). The monoisotopic (exact) mass is 469 g/mol. The fraction of sp³-hybridized carbons (Fsp3) is 0.0741. The average Bonchev–Trinajstić information content (AvgIpc) is 2.85. The van der Waals surface area contributed by atoms with Crippen LogP contribution in [0.4, 0.5) is 25.8 Å². The number of nitrogens with one attached hydrogen (secondary N) is 2. The van der Waals surface area contributed by atoms with Crippen molar-refractivity contribution in [2.75, 3.05) is 10.6 Å². The zero-order valence-electron chi connectivity index (χ0n) is 18.5. The molecule has 1 unspecified atom stereocenters. The van der Waals surface area contributed by atoms with Gasteiger partial charge >= 0.3 is 0 Å². The molecule has 0 radical (unpaired) electrons. The molecule has 0 spiro atoms. The van der Waals surface area contributed by atoms with E-state index in [1.807, 2.05) is 6.07 Å². The van der Waals surface area contributed by atoms with Crippen LogP contribution in [0.15, 0.2) is 103 Å². The summed E-state index contributed by atoms with van der Waals surface area (Å²) in [6, 6.07) is 16.4. The SMILES string of the molecule is NC(=O)C1=CC(Nc2ccnc3ccc(F)cc23)=CC(F)(c2cccc(Nc3ccncc3)c2)C1. The molecule has 2 aromatic carbocycles. The van der Waals surface area contributed by atoms with Crippen molar-refractivity contribution in [3.63, 3.8) is 0 Å². The number of nitrogens with zero attached hydrogens (tertiary/aromatic N) is 2. The summed E-state index contributed by atoms with van der Waals surface area (Å²) in [6.07, 6.45) is 7.60. The fourth-order valence-corrected chi connectivity index (χ4v) is 4.11. The van der Waals surface area contributed by atoms with Crippen LogP contribution in [0.1, 0.15) is 12.0 Å². The van der Waals surface area contributed by atoms with Crippen molar-refractivity contribution in [3.05, 3.63) is 114 Å². The molecular formula is C27H21F2N5O. The molecule has 174 valence electrons. The minimum atomic E-state index is -2.01. The molecule has 2 heterocycles. The summed E-state index contributed by atoms with van der Waals surface area (Å²) >= 11 is 0. The number of carbonyl (C=O) groups excluding carboxylic acids is 1. The topological polar surface area (TPSA) is 92.9 Å². The van der Waals surface area contributed by atoms with E-state index in [1.165, 1.54) is 24.3 Å². The van der Waals surface area contributed by atoms with E-state index in [1.54, 1.807) is 61.1 Å². The van der Waals surface area contributed by atoms with Gasteiger partial charge in [-0.25, -0.2) is 8.78 Å². The first-order valence-corrected chi connectivity index (χ1v) is 10.9. The van der Waals surface area contributed by atoms with E-state index in [4.69, 9.17) is 5.73 Å². The van der Waals surface area contributed by atoms with E-state index >= 15 is 4.39 Å². The molecule has 6 nitrogen and oxygen atoms in total. The minimum Gasteiger partial charge on any atom is -0.366 e. The van der Waals surface area contributed by atoms with Gasteiger partial charge < -0.3 is 16.4 Å². The first-order chi connectivity index (χ1) is 16.9. The maximum Gasteiger partial charge on any atom is 0.244 e. The number of fused-ring (bicyclic) bond motifs is 1. The number of hydrogen-bond acceptors (Lipinski definition) is 5. The summed E-state index contributed by atoms with van der Waals surface area (Å²) in [5, 5.41) is 6.87. The lowest BCUT2D eigenvalue weighted by atomic mass is 9.83. The third-order valence-corrected chi connectivity index (χ3v) is 5.77. The Morgan fingerprint density at radius 2 is 1.80 bits per heavy atom. The normalized spacial score (nSPS) is 17.4. The van der Waals surface area contributed by atoms with Crippen molar-refractivity contribution >= 4 is 33.9 Å². The van der Waals surface area contributed by atoms with E-state index in [0.29, 0.717) is 33.5 Å².